The Morgan fingerprint density at radius 2 is 1.70 bits per heavy atom. The summed E-state index contributed by atoms with van der Waals surface area (Å²) in [5, 5.41) is 0. The largest absolute Gasteiger partial charge is 0.361 e. The van der Waals surface area contributed by atoms with E-state index in [1.54, 1.807) is 0 Å². The third-order valence-electron chi connectivity index (χ3n) is 5.81. The summed E-state index contributed by atoms with van der Waals surface area (Å²) in [6.45, 7) is 1.54. The van der Waals surface area contributed by atoms with Crippen LogP contribution in [0.1, 0.15) is 40.7 Å². The van der Waals surface area contributed by atoms with E-state index in [0.29, 0.717) is 6.61 Å². The van der Waals surface area contributed by atoms with Gasteiger partial charge in [-0.05, 0) is 73.4 Å². The first-order valence-electron chi connectivity index (χ1n) is 10.5. The summed E-state index contributed by atoms with van der Waals surface area (Å²) < 4.78 is 20.2. The predicted octanol–water partition coefficient (Wildman–Crippen LogP) is 6.11. The van der Waals surface area contributed by atoms with Crippen molar-refractivity contribution in [2.24, 2.45) is 0 Å². The maximum Gasteiger partial charge on any atom is 0.123 e. The highest BCUT2D eigenvalue weighted by Crippen LogP contribution is 2.46. The second kappa shape index (κ2) is 8.95. The van der Waals surface area contributed by atoms with Gasteiger partial charge in [0, 0.05) is 0 Å². The predicted molar refractivity (Wildman–Crippen MR) is 122 cm³/mol. The highest BCUT2D eigenvalue weighted by Gasteiger charge is 2.41. The molecule has 1 atom stereocenters. The number of halogens is 1. The number of benzene rings is 3. The molecule has 1 heterocycles. The fourth-order valence-electron chi connectivity index (χ4n) is 4.28. The fraction of sp³-hybridized carbons (Fsp3) is 0.259. The van der Waals surface area contributed by atoms with E-state index in [9.17, 15) is 4.39 Å². The molecule has 3 heteroatoms. The Bertz CT molecular complexity index is 1010. The Kier molecular flexibility index (Phi) is 6.12. The van der Waals surface area contributed by atoms with Crippen LogP contribution in [-0.4, -0.2) is 25.5 Å². The number of hydrogen-bond donors (Lipinski definition) is 0. The minimum atomic E-state index is -0.532. The van der Waals surface area contributed by atoms with Crippen LogP contribution in [0.15, 0.2) is 72.8 Å². The van der Waals surface area contributed by atoms with E-state index in [4.69, 9.17) is 4.74 Å². The van der Waals surface area contributed by atoms with E-state index in [-0.39, 0.29) is 5.82 Å². The average molecular weight is 402 g/mol. The van der Waals surface area contributed by atoms with Crippen molar-refractivity contribution in [2.45, 2.75) is 25.0 Å². The normalized spacial score (nSPS) is 18.3. The Hall–Kier alpha value is -2.75. The molecule has 0 saturated heterocycles. The van der Waals surface area contributed by atoms with Crippen LogP contribution in [-0.2, 0) is 16.9 Å². The number of ether oxygens (including phenoxy) is 1. The summed E-state index contributed by atoms with van der Waals surface area (Å²) in [4.78, 5) is 2.19. The molecule has 0 radical (unpaired) electrons. The average Bonchev–Trinajstić information content (AvgIpc) is 3.13. The zero-order valence-corrected chi connectivity index (χ0v) is 17.6. The Morgan fingerprint density at radius 3 is 2.43 bits per heavy atom. The summed E-state index contributed by atoms with van der Waals surface area (Å²) in [7, 11) is 4.17. The van der Waals surface area contributed by atoms with Crippen LogP contribution in [0.2, 0.25) is 0 Å². The quantitative estimate of drug-likeness (QED) is 0.443. The molecule has 30 heavy (non-hydrogen) atoms. The van der Waals surface area contributed by atoms with E-state index in [0.717, 1.165) is 24.9 Å². The third kappa shape index (κ3) is 4.23. The first-order valence-corrected chi connectivity index (χ1v) is 10.5. The van der Waals surface area contributed by atoms with Crippen molar-refractivity contribution >= 4 is 12.2 Å². The standard InChI is InChI=1S/C27H28FNO/c1-29(2)19-7-18-27(23-14-16-24(28)17-15-23)26-11-6-10-22(25(26)20-30-27)13-12-21-8-4-3-5-9-21/h3-6,8-17H,7,18-20H2,1-2H3/b13-12+. The van der Waals surface area contributed by atoms with Crippen LogP contribution in [0.5, 0.6) is 0 Å². The van der Waals surface area contributed by atoms with Crippen molar-refractivity contribution in [1.29, 1.82) is 0 Å². The van der Waals surface area contributed by atoms with Gasteiger partial charge in [0.2, 0.25) is 0 Å². The molecule has 0 spiro atoms. The molecule has 154 valence electrons. The first kappa shape index (κ1) is 20.5. The molecule has 1 unspecified atom stereocenters. The van der Waals surface area contributed by atoms with Crippen molar-refractivity contribution in [3.63, 3.8) is 0 Å². The summed E-state index contributed by atoms with van der Waals surface area (Å²) in [6.07, 6.45) is 6.15. The van der Waals surface area contributed by atoms with Crippen LogP contribution in [0, 0.1) is 5.82 Å². The topological polar surface area (TPSA) is 12.5 Å². The highest BCUT2D eigenvalue weighted by atomic mass is 19.1. The van der Waals surface area contributed by atoms with Gasteiger partial charge in [0.25, 0.3) is 0 Å². The van der Waals surface area contributed by atoms with Crippen molar-refractivity contribution < 1.29 is 9.13 Å². The van der Waals surface area contributed by atoms with Crippen LogP contribution < -0.4 is 0 Å². The van der Waals surface area contributed by atoms with Crippen LogP contribution in [0.3, 0.4) is 0 Å². The summed E-state index contributed by atoms with van der Waals surface area (Å²) >= 11 is 0. The Morgan fingerprint density at radius 1 is 0.933 bits per heavy atom. The lowest BCUT2D eigenvalue weighted by molar-refractivity contribution is -0.0140. The van der Waals surface area contributed by atoms with Crippen molar-refractivity contribution in [3.05, 3.63) is 106 Å². The summed E-state index contributed by atoms with van der Waals surface area (Å²) in [5.41, 5.74) is 5.25. The highest BCUT2D eigenvalue weighted by molar-refractivity contribution is 5.72. The molecule has 0 N–H and O–H groups in total. The third-order valence-corrected chi connectivity index (χ3v) is 5.81. The fourth-order valence-corrected chi connectivity index (χ4v) is 4.28. The monoisotopic (exact) mass is 401 g/mol. The Balaban J connectivity index is 1.72. The molecular weight excluding hydrogens is 373 g/mol. The van der Waals surface area contributed by atoms with Gasteiger partial charge < -0.3 is 9.64 Å². The molecule has 0 bridgehead atoms. The van der Waals surface area contributed by atoms with Gasteiger partial charge in [0.05, 0.1) is 6.61 Å². The Labute approximate surface area is 178 Å². The molecular formula is C27H28FNO. The molecule has 0 saturated carbocycles. The van der Waals surface area contributed by atoms with E-state index >= 15 is 0 Å². The number of hydrogen-bond acceptors (Lipinski definition) is 2. The zero-order chi connectivity index (χ0) is 21.0. The smallest absolute Gasteiger partial charge is 0.123 e. The lowest BCUT2D eigenvalue weighted by Gasteiger charge is -2.31. The lowest BCUT2D eigenvalue weighted by Crippen LogP contribution is -2.28. The number of rotatable bonds is 7. The van der Waals surface area contributed by atoms with Gasteiger partial charge in [-0.1, -0.05) is 72.8 Å². The van der Waals surface area contributed by atoms with Crippen LogP contribution in [0.4, 0.5) is 4.39 Å². The van der Waals surface area contributed by atoms with Crippen LogP contribution in [0.25, 0.3) is 12.2 Å². The lowest BCUT2D eigenvalue weighted by atomic mass is 9.81. The molecule has 3 aromatic rings. The molecule has 0 amide bonds. The molecule has 1 aliphatic rings. The molecule has 0 aliphatic carbocycles. The van der Waals surface area contributed by atoms with Gasteiger partial charge >= 0.3 is 0 Å². The molecule has 0 aromatic heterocycles. The maximum atomic E-state index is 13.6. The molecule has 0 fully saturated rings. The minimum absolute atomic E-state index is 0.222. The minimum Gasteiger partial charge on any atom is -0.361 e. The summed E-state index contributed by atoms with van der Waals surface area (Å²) in [6, 6.07) is 23.5. The maximum absolute atomic E-state index is 13.6. The van der Waals surface area contributed by atoms with E-state index in [1.165, 1.54) is 34.4 Å². The van der Waals surface area contributed by atoms with Crippen molar-refractivity contribution in [3.8, 4) is 0 Å². The van der Waals surface area contributed by atoms with Gasteiger partial charge in [-0.15, -0.1) is 0 Å². The van der Waals surface area contributed by atoms with Gasteiger partial charge in [0.15, 0.2) is 0 Å². The van der Waals surface area contributed by atoms with E-state index in [1.807, 2.05) is 30.3 Å². The van der Waals surface area contributed by atoms with Gasteiger partial charge in [0.1, 0.15) is 11.4 Å². The molecule has 4 rings (SSSR count). The molecule has 1 aliphatic heterocycles. The second-order valence-electron chi connectivity index (χ2n) is 8.15. The molecule has 3 aromatic carbocycles. The first-order chi connectivity index (χ1) is 14.6. The van der Waals surface area contributed by atoms with Crippen LogP contribution >= 0.6 is 0 Å². The number of fused-ring (bicyclic) bond motifs is 1. The van der Waals surface area contributed by atoms with Gasteiger partial charge in [-0.2, -0.15) is 0 Å². The number of nitrogens with zero attached hydrogens (tertiary/aromatic N) is 1. The van der Waals surface area contributed by atoms with Gasteiger partial charge in [-0.25, -0.2) is 4.39 Å². The zero-order valence-electron chi connectivity index (χ0n) is 17.6. The second-order valence-corrected chi connectivity index (χ2v) is 8.15. The van der Waals surface area contributed by atoms with Crippen molar-refractivity contribution in [2.75, 3.05) is 20.6 Å². The summed E-state index contributed by atoms with van der Waals surface area (Å²) in [5.74, 6) is -0.222. The van der Waals surface area contributed by atoms with E-state index in [2.05, 4.69) is 61.5 Å². The van der Waals surface area contributed by atoms with E-state index < -0.39 is 5.60 Å². The molecule has 2 nitrogen and oxygen atoms in total. The SMILES string of the molecule is CN(C)CCCC1(c2ccc(F)cc2)OCc2c(/C=C/c3ccccc3)cccc21. The van der Waals surface area contributed by atoms with Crippen molar-refractivity contribution in [1.82, 2.24) is 4.90 Å². The van der Waals surface area contributed by atoms with Gasteiger partial charge in [-0.3, -0.25) is 0 Å².